The van der Waals surface area contributed by atoms with Gasteiger partial charge in [0.2, 0.25) is 5.95 Å². The Morgan fingerprint density at radius 2 is 2.16 bits per heavy atom. The van der Waals surface area contributed by atoms with Crippen LogP contribution in [0.25, 0.3) is 11.3 Å². The number of hydrogen-bond acceptors (Lipinski definition) is 7. The predicted octanol–water partition coefficient (Wildman–Crippen LogP) is 3.36. The summed E-state index contributed by atoms with van der Waals surface area (Å²) in [5.41, 5.74) is 4.04. The fourth-order valence-electron chi connectivity index (χ4n) is 3.96. The van der Waals surface area contributed by atoms with Crippen molar-refractivity contribution in [3.63, 3.8) is 0 Å². The van der Waals surface area contributed by atoms with E-state index in [0.717, 1.165) is 29.5 Å². The first-order chi connectivity index (χ1) is 15.4. The molecule has 1 unspecified atom stereocenters. The summed E-state index contributed by atoms with van der Waals surface area (Å²) in [7, 11) is 1.51. The Bertz CT molecular complexity index is 1260. The monoisotopic (exact) mass is 448 g/mol. The molecule has 0 saturated heterocycles. The summed E-state index contributed by atoms with van der Waals surface area (Å²) in [6.45, 7) is 2.01. The van der Waals surface area contributed by atoms with Crippen molar-refractivity contribution in [2.75, 3.05) is 19.0 Å². The highest BCUT2D eigenvalue weighted by Crippen LogP contribution is 2.42. The van der Waals surface area contributed by atoms with Crippen LogP contribution in [0.4, 0.5) is 11.6 Å². The number of halogens is 1. The summed E-state index contributed by atoms with van der Waals surface area (Å²) in [6, 6.07) is 9.40. The van der Waals surface area contributed by atoms with Crippen LogP contribution in [0.15, 0.2) is 36.7 Å². The maximum Gasteiger partial charge on any atom is 0.271 e. The van der Waals surface area contributed by atoms with Crippen LogP contribution in [0, 0.1) is 11.3 Å². The summed E-state index contributed by atoms with van der Waals surface area (Å²) >= 11 is 6.06. The average molecular weight is 449 g/mol. The van der Waals surface area contributed by atoms with Crippen LogP contribution in [-0.2, 0) is 11.8 Å². The first-order valence-corrected chi connectivity index (χ1v) is 10.4. The number of benzene rings is 1. The zero-order valence-corrected chi connectivity index (χ0v) is 18.4. The molecule has 2 aromatic heterocycles. The molecule has 162 valence electrons. The summed E-state index contributed by atoms with van der Waals surface area (Å²) < 4.78 is 0. The molecule has 2 heterocycles. The van der Waals surface area contributed by atoms with Crippen LogP contribution in [0.5, 0.6) is 0 Å². The number of aliphatic hydroxyl groups excluding tert-OH is 1. The molecule has 9 heteroatoms. The van der Waals surface area contributed by atoms with Crippen molar-refractivity contribution in [3.8, 4) is 17.3 Å². The molecule has 4 rings (SSSR count). The molecule has 0 spiro atoms. The molecule has 3 aromatic rings. The SMILES string of the molecule is CNC(=O)c1ncc(Cl)cc1Nc1nccc(-c2cc(C#N)c3c(c2)C(C)(CO)CC3)n1. The quantitative estimate of drug-likeness (QED) is 0.546. The van der Waals surface area contributed by atoms with Crippen LogP contribution in [0.2, 0.25) is 5.02 Å². The van der Waals surface area contributed by atoms with E-state index in [0.29, 0.717) is 22.0 Å². The minimum absolute atomic E-state index is 0.00887. The largest absolute Gasteiger partial charge is 0.395 e. The van der Waals surface area contributed by atoms with E-state index in [4.69, 9.17) is 11.6 Å². The molecule has 3 N–H and O–H groups in total. The van der Waals surface area contributed by atoms with Gasteiger partial charge in [-0.05, 0) is 48.2 Å². The van der Waals surface area contributed by atoms with Gasteiger partial charge in [-0.1, -0.05) is 18.5 Å². The Balaban J connectivity index is 1.75. The lowest BCUT2D eigenvalue weighted by Crippen LogP contribution is -2.23. The summed E-state index contributed by atoms with van der Waals surface area (Å²) in [5, 5.41) is 25.5. The molecule has 0 radical (unpaired) electrons. The van der Waals surface area contributed by atoms with E-state index in [-0.39, 0.29) is 29.6 Å². The molecule has 1 aliphatic rings. The molecule has 1 amide bonds. The molecule has 1 atom stereocenters. The molecule has 0 fully saturated rings. The highest BCUT2D eigenvalue weighted by atomic mass is 35.5. The highest BCUT2D eigenvalue weighted by Gasteiger charge is 2.35. The Hall–Kier alpha value is -3.54. The van der Waals surface area contributed by atoms with Gasteiger partial charge in [0.15, 0.2) is 5.69 Å². The summed E-state index contributed by atoms with van der Waals surface area (Å²) in [4.78, 5) is 25.1. The number of carbonyl (C=O) groups is 1. The lowest BCUT2D eigenvalue weighted by atomic mass is 9.83. The maximum absolute atomic E-state index is 12.1. The van der Waals surface area contributed by atoms with Gasteiger partial charge >= 0.3 is 0 Å². The number of aliphatic hydroxyl groups is 1. The van der Waals surface area contributed by atoms with E-state index in [2.05, 4.69) is 31.7 Å². The number of anilines is 2. The van der Waals surface area contributed by atoms with Gasteiger partial charge in [-0.3, -0.25) is 4.79 Å². The third-order valence-corrected chi connectivity index (χ3v) is 6.00. The molecule has 1 aliphatic carbocycles. The van der Waals surface area contributed by atoms with E-state index < -0.39 is 0 Å². The topological polar surface area (TPSA) is 124 Å². The Labute approximate surface area is 190 Å². The number of nitrogens with one attached hydrogen (secondary N) is 2. The van der Waals surface area contributed by atoms with Gasteiger partial charge in [-0.15, -0.1) is 0 Å². The van der Waals surface area contributed by atoms with Crippen molar-refractivity contribution in [1.82, 2.24) is 20.3 Å². The fourth-order valence-corrected chi connectivity index (χ4v) is 4.12. The number of pyridine rings is 1. The van der Waals surface area contributed by atoms with Crippen LogP contribution < -0.4 is 10.6 Å². The van der Waals surface area contributed by atoms with Crippen molar-refractivity contribution >= 4 is 29.1 Å². The van der Waals surface area contributed by atoms with Crippen molar-refractivity contribution in [1.29, 1.82) is 5.26 Å². The standard InChI is InChI=1S/C23H21ClN6O2/c1-23(12-31)5-3-16-14(10-25)7-13(8-17(16)23)18-4-6-27-22(29-18)30-19-9-15(24)11-28-20(19)21(32)26-2/h4,6-9,11,31H,3,5,12H2,1-2H3,(H,26,32)(H,27,29,30). The first kappa shape index (κ1) is 21.7. The maximum atomic E-state index is 12.1. The van der Waals surface area contributed by atoms with Crippen LogP contribution in [0.1, 0.15) is 40.5 Å². The third kappa shape index (κ3) is 3.88. The number of rotatable bonds is 5. The second-order valence-corrected chi connectivity index (χ2v) is 8.34. The molecule has 0 aliphatic heterocycles. The molecule has 0 bridgehead atoms. The van der Waals surface area contributed by atoms with Gasteiger partial charge in [0, 0.05) is 30.4 Å². The van der Waals surface area contributed by atoms with Gasteiger partial charge in [-0.25, -0.2) is 15.0 Å². The second-order valence-electron chi connectivity index (χ2n) is 7.90. The molecule has 0 saturated carbocycles. The van der Waals surface area contributed by atoms with Crippen LogP contribution in [0.3, 0.4) is 0 Å². The zero-order valence-electron chi connectivity index (χ0n) is 17.6. The average Bonchev–Trinajstić information content (AvgIpc) is 3.15. The minimum Gasteiger partial charge on any atom is -0.395 e. The van der Waals surface area contributed by atoms with Crippen molar-refractivity contribution < 1.29 is 9.90 Å². The molecule has 1 aromatic carbocycles. The number of carbonyl (C=O) groups excluding carboxylic acids is 1. The minimum atomic E-state index is -0.389. The van der Waals surface area contributed by atoms with E-state index in [1.165, 1.54) is 13.2 Å². The zero-order chi connectivity index (χ0) is 22.9. The molecular weight excluding hydrogens is 428 g/mol. The molecule has 8 nitrogen and oxygen atoms in total. The van der Waals surface area contributed by atoms with Gasteiger partial charge < -0.3 is 15.7 Å². The lowest BCUT2D eigenvalue weighted by molar-refractivity contribution is 0.0959. The van der Waals surface area contributed by atoms with Gasteiger partial charge in [0.05, 0.1) is 34.6 Å². The van der Waals surface area contributed by atoms with E-state index in [1.807, 2.05) is 19.1 Å². The number of fused-ring (bicyclic) bond motifs is 1. The predicted molar refractivity (Wildman–Crippen MR) is 121 cm³/mol. The van der Waals surface area contributed by atoms with Crippen molar-refractivity contribution in [3.05, 3.63) is 64.1 Å². The first-order valence-electron chi connectivity index (χ1n) is 10.0. The van der Waals surface area contributed by atoms with Crippen LogP contribution >= 0.6 is 11.6 Å². The lowest BCUT2D eigenvalue weighted by Gasteiger charge is -2.23. The van der Waals surface area contributed by atoms with Crippen LogP contribution in [-0.4, -0.2) is 39.6 Å². The summed E-state index contributed by atoms with van der Waals surface area (Å²) in [5.74, 6) is -0.124. The Kier molecular flexibility index (Phi) is 5.78. The Morgan fingerprint density at radius 3 is 2.88 bits per heavy atom. The second kappa shape index (κ2) is 8.54. The molecule has 32 heavy (non-hydrogen) atoms. The van der Waals surface area contributed by atoms with E-state index >= 15 is 0 Å². The van der Waals surface area contributed by atoms with Crippen molar-refractivity contribution in [2.24, 2.45) is 0 Å². The third-order valence-electron chi connectivity index (χ3n) is 5.79. The Morgan fingerprint density at radius 1 is 1.34 bits per heavy atom. The number of hydrogen-bond donors (Lipinski definition) is 3. The number of nitrogens with zero attached hydrogens (tertiary/aromatic N) is 4. The highest BCUT2D eigenvalue weighted by molar-refractivity contribution is 6.30. The summed E-state index contributed by atoms with van der Waals surface area (Å²) in [6.07, 6.45) is 4.53. The number of aromatic nitrogens is 3. The normalized spacial score (nSPS) is 16.8. The van der Waals surface area contributed by atoms with Crippen molar-refractivity contribution in [2.45, 2.75) is 25.2 Å². The van der Waals surface area contributed by atoms with E-state index in [9.17, 15) is 15.2 Å². The number of nitriles is 1. The van der Waals surface area contributed by atoms with Gasteiger partial charge in [-0.2, -0.15) is 5.26 Å². The smallest absolute Gasteiger partial charge is 0.271 e. The van der Waals surface area contributed by atoms with Gasteiger partial charge in [0.25, 0.3) is 5.91 Å². The fraction of sp³-hybridized carbons (Fsp3) is 0.261. The van der Waals surface area contributed by atoms with E-state index in [1.54, 1.807) is 18.3 Å². The molecular formula is C23H21ClN6O2. The number of amides is 1. The van der Waals surface area contributed by atoms with Gasteiger partial charge in [0.1, 0.15) is 0 Å².